The summed E-state index contributed by atoms with van der Waals surface area (Å²) in [5.41, 5.74) is 0.465. The van der Waals surface area contributed by atoms with Crippen LogP contribution >= 0.6 is 11.8 Å². The maximum absolute atomic E-state index is 13.4. The molecule has 1 heterocycles. The summed E-state index contributed by atoms with van der Waals surface area (Å²) in [6.07, 6.45) is -4.66. The number of nitrogens with zero attached hydrogens (tertiary/aromatic N) is 2. The van der Waals surface area contributed by atoms with Gasteiger partial charge >= 0.3 is 6.18 Å². The molecule has 156 valence electrons. The minimum Gasteiger partial charge on any atom is -0.325 e. The summed E-state index contributed by atoms with van der Waals surface area (Å²) in [6.45, 7) is 3.22. The Bertz CT molecular complexity index is 1060. The van der Waals surface area contributed by atoms with Crippen molar-refractivity contribution in [3.8, 4) is 11.3 Å². The SMILES string of the molecule is Cc1ccc(F)cc1NC(=O)C(C)Sc1nc(-c2ccccc2)cc(C(F)(F)F)n1. The Kier molecular flexibility index (Phi) is 6.40. The number of thioether (sulfide) groups is 1. The largest absolute Gasteiger partial charge is 0.433 e. The fraction of sp³-hybridized carbons (Fsp3) is 0.190. The molecular formula is C21H17F4N3OS. The third-order valence-electron chi connectivity index (χ3n) is 4.17. The number of nitrogens with one attached hydrogen (secondary N) is 1. The maximum atomic E-state index is 13.4. The van der Waals surface area contributed by atoms with E-state index in [1.165, 1.54) is 25.1 Å². The maximum Gasteiger partial charge on any atom is 0.433 e. The number of amides is 1. The number of anilines is 1. The lowest BCUT2D eigenvalue weighted by atomic mass is 10.1. The average Bonchev–Trinajstić information content (AvgIpc) is 2.70. The topological polar surface area (TPSA) is 54.9 Å². The van der Waals surface area contributed by atoms with Crippen LogP contribution in [0.3, 0.4) is 0 Å². The molecule has 0 aliphatic carbocycles. The van der Waals surface area contributed by atoms with Gasteiger partial charge in [0.15, 0.2) is 5.16 Å². The first kappa shape index (κ1) is 21.8. The Morgan fingerprint density at radius 1 is 1.07 bits per heavy atom. The minimum atomic E-state index is -4.66. The van der Waals surface area contributed by atoms with Crippen molar-refractivity contribution in [3.63, 3.8) is 0 Å². The number of hydrogen-bond donors (Lipinski definition) is 1. The van der Waals surface area contributed by atoms with Crippen LogP contribution in [0.25, 0.3) is 11.3 Å². The van der Waals surface area contributed by atoms with Gasteiger partial charge in [0, 0.05) is 11.3 Å². The number of aromatic nitrogens is 2. The van der Waals surface area contributed by atoms with E-state index in [4.69, 9.17) is 0 Å². The molecule has 1 unspecified atom stereocenters. The van der Waals surface area contributed by atoms with Gasteiger partial charge in [-0.1, -0.05) is 48.2 Å². The summed E-state index contributed by atoms with van der Waals surface area (Å²) in [6, 6.07) is 13.2. The molecule has 0 aliphatic rings. The Labute approximate surface area is 174 Å². The van der Waals surface area contributed by atoms with Gasteiger partial charge in [-0.25, -0.2) is 14.4 Å². The predicted octanol–water partition coefficient (Wildman–Crippen LogP) is 5.73. The molecule has 0 fully saturated rings. The molecule has 3 aromatic rings. The van der Waals surface area contributed by atoms with Crippen LogP contribution in [0.5, 0.6) is 0 Å². The molecule has 1 N–H and O–H groups in total. The second-order valence-electron chi connectivity index (χ2n) is 6.49. The standard InChI is InChI=1S/C21H17F4N3OS/c1-12-8-9-15(22)10-16(12)26-19(29)13(2)30-20-27-17(14-6-4-3-5-7-14)11-18(28-20)21(23,24)25/h3-11,13H,1-2H3,(H,26,29). The minimum absolute atomic E-state index is 0.106. The first-order valence-electron chi connectivity index (χ1n) is 8.89. The van der Waals surface area contributed by atoms with Gasteiger partial charge in [-0.15, -0.1) is 0 Å². The van der Waals surface area contributed by atoms with Crippen LogP contribution < -0.4 is 5.32 Å². The van der Waals surface area contributed by atoms with Crippen LogP contribution in [-0.4, -0.2) is 21.1 Å². The van der Waals surface area contributed by atoms with Crippen molar-refractivity contribution < 1.29 is 22.4 Å². The number of halogens is 4. The molecule has 0 radical (unpaired) electrons. The second kappa shape index (κ2) is 8.83. The number of hydrogen-bond acceptors (Lipinski definition) is 4. The van der Waals surface area contributed by atoms with Crippen LogP contribution in [-0.2, 0) is 11.0 Å². The van der Waals surface area contributed by atoms with Crippen LogP contribution in [0.4, 0.5) is 23.2 Å². The highest BCUT2D eigenvalue weighted by Crippen LogP contribution is 2.33. The van der Waals surface area contributed by atoms with Crippen LogP contribution in [0, 0.1) is 12.7 Å². The van der Waals surface area contributed by atoms with Crippen LogP contribution in [0.2, 0.25) is 0 Å². The summed E-state index contributed by atoms with van der Waals surface area (Å²) in [4.78, 5) is 20.3. The highest BCUT2D eigenvalue weighted by Gasteiger charge is 2.34. The summed E-state index contributed by atoms with van der Waals surface area (Å²) in [5, 5.41) is 1.59. The molecule has 0 saturated heterocycles. The molecule has 9 heteroatoms. The lowest BCUT2D eigenvalue weighted by Crippen LogP contribution is -2.23. The molecule has 2 aromatic carbocycles. The highest BCUT2D eigenvalue weighted by atomic mass is 32.2. The van der Waals surface area contributed by atoms with Crippen molar-refractivity contribution in [1.82, 2.24) is 9.97 Å². The zero-order valence-electron chi connectivity index (χ0n) is 16.0. The first-order valence-corrected chi connectivity index (χ1v) is 9.77. The summed E-state index contributed by atoms with van der Waals surface area (Å²) >= 11 is 0.792. The van der Waals surface area contributed by atoms with Gasteiger partial charge in [-0.3, -0.25) is 4.79 Å². The average molecular weight is 435 g/mol. The lowest BCUT2D eigenvalue weighted by molar-refractivity contribution is -0.141. The molecule has 1 amide bonds. The van der Waals surface area contributed by atoms with Crippen molar-refractivity contribution in [1.29, 1.82) is 0 Å². The van der Waals surface area contributed by atoms with Crippen molar-refractivity contribution in [3.05, 3.63) is 71.7 Å². The molecule has 0 spiro atoms. The number of rotatable bonds is 5. The second-order valence-corrected chi connectivity index (χ2v) is 7.80. The fourth-order valence-electron chi connectivity index (χ4n) is 2.55. The van der Waals surface area contributed by atoms with Crippen molar-refractivity contribution in [2.45, 2.75) is 30.4 Å². The predicted molar refractivity (Wildman–Crippen MR) is 108 cm³/mol. The summed E-state index contributed by atoms with van der Waals surface area (Å²) in [5.74, 6) is -1.01. The third-order valence-corrected chi connectivity index (χ3v) is 5.14. The number of carbonyl (C=O) groups excluding carboxylic acids is 1. The zero-order valence-corrected chi connectivity index (χ0v) is 16.8. The number of carbonyl (C=O) groups is 1. The van der Waals surface area contributed by atoms with E-state index < -0.39 is 28.8 Å². The molecule has 1 atom stereocenters. The molecule has 3 rings (SSSR count). The first-order chi connectivity index (χ1) is 14.1. The van der Waals surface area contributed by atoms with Gasteiger partial charge in [-0.05, 0) is 37.6 Å². The van der Waals surface area contributed by atoms with E-state index in [9.17, 15) is 22.4 Å². The van der Waals surface area contributed by atoms with Gasteiger partial charge in [0.25, 0.3) is 0 Å². The van der Waals surface area contributed by atoms with Gasteiger partial charge in [0.1, 0.15) is 11.5 Å². The normalized spacial score (nSPS) is 12.5. The highest BCUT2D eigenvalue weighted by molar-refractivity contribution is 8.00. The van der Waals surface area contributed by atoms with Crippen molar-refractivity contribution >= 4 is 23.4 Å². The van der Waals surface area contributed by atoms with E-state index in [0.717, 1.165) is 17.8 Å². The number of alkyl halides is 3. The summed E-state index contributed by atoms with van der Waals surface area (Å²) < 4.78 is 53.4. The monoisotopic (exact) mass is 435 g/mol. The molecule has 0 saturated carbocycles. The van der Waals surface area contributed by atoms with Gasteiger partial charge < -0.3 is 5.32 Å². The zero-order chi connectivity index (χ0) is 21.9. The Hall–Kier alpha value is -2.94. The van der Waals surface area contributed by atoms with E-state index in [-0.39, 0.29) is 10.9 Å². The third kappa shape index (κ3) is 5.35. The van der Waals surface area contributed by atoms with Gasteiger partial charge in [-0.2, -0.15) is 13.2 Å². The van der Waals surface area contributed by atoms with Crippen LogP contribution in [0.15, 0.2) is 59.8 Å². The van der Waals surface area contributed by atoms with E-state index in [0.29, 0.717) is 16.8 Å². The molecule has 30 heavy (non-hydrogen) atoms. The Morgan fingerprint density at radius 3 is 2.43 bits per heavy atom. The van der Waals surface area contributed by atoms with Crippen molar-refractivity contribution in [2.75, 3.05) is 5.32 Å². The molecule has 0 aliphatic heterocycles. The number of benzene rings is 2. The molecule has 4 nitrogen and oxygen atoms in total. The molecule has 1 aromatic heterocycles. The number of aryl methyl sites for hydroxylation is 1. The quantitative estimate of drug-likeness (QED) is 0.316. The lowest BCUT2D eigenvalue weighted by Gasteiger charge is -2.15. The van der Waals surface area contributed by atoms with E-state index in [1.807, 2.05) is 0 Å². The smallest absolute Gasteiger partial charge is 0.325 e. The van der Waals surface area contributed by atoms with Gasteiger partial charge in [0.2, 0.25) is 5.91 Å². The van der Waals surface area contributed by atoms with Crippen LogP contribution in [0.1, 0.15) is 18.2 Å². The molecular weight excluding hydrogens is 418 g/mol. The Balaban J connectivity index is 1.85. The van der Waals surface area contributed by atoms with Gasteiger partial charge in [0.05, 0.1) is 10.9 Å². The summed E-state index contributed by atoms with van der Waals surface area (Å²) in [7, 11) is 0. The van der Waals surface area contributed by atoms with E-state index in [1.54, 1.807) is 37.3 Å². The fourth-order valence-corrected chi connectivity index (χ4v) is 3.34. The van der Waals surface area contributed by atoms with E-state index >= 15 is 0 Å². The molecule has 0 bridgehead atoms. The van der Waals surface area contributed by atoms with E-state index in [2.05, 4.69) is 15.3 Å². The Morgan fingerprint density at radius 2 is 1.77 bits per heavy atom. The van der Waals surface area contributed by atoms with Crippen molar-refractivity contribution in [2.24, 2.45) is 0 Å².